The van der Waals surface area contributed by atoms with Crippen LogP contribution in [0.5, 0.6) is 5.75 Å². The smallest absolute Gasteiger partial charge is 0.337 e. The van der Waals surface area contributed by atoms with Gasteiger partial charge in [-0.25, -0.2) is 4.79 Å². The summed E-state index contributed by atoms with van der Waals surface area (Å²) in [6, 6.07) is 4.29. The van der Waals surface area contributed by atoms with Gasteiger partial charge >= 0.3 is 5.97 Å². The predicted octanol–water partition coefficient (Wildman–Crippen LogP) is 0.913. The number of aliphatic hydroxyl groups is 1. The minimum atomic E-state index is -0.481. The largest absolute Gasteiger partial charge is 0.507 e. The first kappa shape index (κ1) is 12.1. The molecule has 0 bridgehead atoms. The molecule has 84 valence electrons. The number of benzene rings is 1. The number of esters is 1. The molecule has 16 heavy (non-hydrogen) atoms. The van der Waals surface area contributed by atoms with Gasteiger partial charge in [0.1, 0.15) is 5.75 Å². The monoisotopic (exact) mass is 220 g/mol. The third-order valence-electron chi connectivity index (χ3n) is 1.88. The number of carbonyl (C=O) groups excluding carboxylic acids is 1. The van der Waals surface area contributed by atoms with Crippen LogP contribution in [0.25, 0.3) is 0 Å². The molecule has 0 aliphatic heterocycles. The third kappa shape index (κ3) is 3.01. The molecule has 4 nitrogen and oxygen atoms in total. The summed E-state index contributed by atoms with van der Waals surface area (Å²) in [5.41, 5.74) is 0.671. The molecule has 0 saturated heterocycles. The Bertz CT molecular complexity index is 440. The zero-order chi connectivity index (χ0) is 12.0. The molecule has 0 aliphatic rings. The second kappa shape index (κ2) is 5.79. The van der Waals surface area contributed by atoms with Gasteiger partial charge < -0.3 is 14.9 Å². The summed E-state index contributed by atoms with van der Waals surface area (Å²) in [5, 5.41) is 18.0. The molecule has 0 fully saturated rings. The van der Waals surface area contributed by atoms with E-state index in [1.165, 1.54) is 25.3 Å². The zero-order valence-corrected chi connectivity index (χ0v) is 8.86. The Morgan fingerprint density at radius 3 is 2.88 bits per heavy atom. The number of rotatable bonds is 2. The van der Waals surface area contributed by atoms with E-state index in [0.29, 0.717) is 17.5 Å². The topological polar surface area (TPSA) is 66.8 Å². The quantitative estimate of drug-likeness (QED) is 0.574. The van der Waals surface area contributed by atoms with Gasteiger partial charge in [0.2, 0.25) is 0 Å². The van der Waals surface area contributed by atoms with E-state index >= 15 is 0 Å². The highest BCUT2D eigenvalue weighted by atomic mass is 16.5. The van der Waals surface area contributed by atoms with Crippen molar-refractivity contribution in [2.45, 2.75) is 6.42 Å². The Morgan fingerprint density at radius 2 is 2.25 bits per heavy atom. The summed E-state index contributed by atoms with van der Waals surface area (Å²) >= 11 is 0. The van der Waals surface area contributed by atoms with Crippen LogP contribution in [0.2, 0.25) is 0 Å². The van der Waals surface area contributed by atoms with Gasteiger partial charge in [-0.05, 0) is 18.2 Å². The van der Waals surface area contributed by atoms with Crippen LogP contribution in [-0.2, 0) is 4.74 Å². The Kier molecular flexibility index (Phi) is 4.37. The summed E-state index contributed by atoms with van der Waals surface area (Å²) in [6.07, 6.45) is 0.321. The third-order valence-corrected chi connectivity index (χ3v) is 1.88. The molecule has 0 atom stereocenters. The van der Waals surface area contributed by atoms with Crippen molar-refractivity contribution in [3.05, 3.63) is 29.3 Å². The maximum atomic E-state index is 11.2. The second-order valence-electron chi connectivity index (χ2n) is 3.00. The molecule has 0 aromatic heterocycles. The van der Waals surface area contributed by atoms with E-state index in [4.69, 9.17) is 5.11 Å². The van der Waals surface area contributed by atoms with Crippen molar-refractivity contribution in [1.29, 1.82) is 0 Å². The molecule has 0 radical (unpaired) electrons. The standard InChI is InChI=1S/C12H12O4/c1-16-12(15)10-5-6-11(14)9(8-10)4-2-3-7-13/h5-6,8,13-14H,3,7H2,1H3. The van der Waals surface area contributed by atoms with Crippen molar-refractivity contribution < 1.29 is 19.7 Å². The van der Waals surface area contributed by atoms with Crippen molar-refractivity contribution in [3.63, 3.8) is 0 Å². The minimum absolute atomic E-state index is 0.00177. The van der Waals surface area contributed by atoms with Crippen molar-refractivity contribution in [2.24, 2.45) is 0 Å². The summed E-state index contributed by atoms with van der Waals surface area (Å²) in [4.78, 5) is 11.2. The number of hydrogen-bond donors (Lipinski definition) is 2. The zero-order valence-electron chi connectivity index (χ0n) is 8.86. The number of methoxy groups -OCH3 is 1. The van der Waals surface area contributed by atoms with Gasteiger partial charge in [-0.2, -0.15) is 0 Å². The molecule has 0 spiro atoms. The summed E-state index contributed by atoms with van der Waals surface area (Å²) in [5.74, 6) is 4.85. The normalized spacial score (nSPS) is 9.12. The van der Waals surface area contributed by atoms with E-state index in [2.05, 4.69) is 16.6 Å². The van der Waals surface area contributed by atoms with Crippen LogP contribution in [0.15, 0.2) is 18.2 Å². The lowest BCUT2D eigenvalue weighted by atomic mass is 10.1. The van der Waals surface area contributed by atoms with Crippen LogP contribution in [-0.4, -0.2) is 29.9 Å². The minimum Gasteiger partial charge on any atom is -0.507 e. The fourth-order valence-electron chi connectivity index (χ4n) is 1.09. The SMILES string of the molecule is COC(=O)c1ccc(O)c(C#CCCO)c1. The van der Waals surface area contributed by atoms with Crippen LogP contribution < -0.4 is 0 Å². The van der Waals surface area contributed by atoms with E-state index in [0.717, 1.165) is 0 Å². The lowest BCUT2D eigenvalue weighted by molar-refractivity contribution is 0.0600. The van der Waals surface area contributed by atoms with E-state index in [1.807, 2.05) is 0 Å². The maximum absolute atomic E-state index is 11.2. The molecule has 2 N–H and O–H groups in total. The lowest BCUT2D eigenvalue weighted by Crippen LogP contribution is -2.01. The van der Waals surface area contributed by atoms with Crippen LogP contribution >= 0.6 is 0 Å². The maximum Gasteiger partial charge on any atom is 0.337 e. The van der Waals surface area contributed by atoms with Gasteiger partial charge in [-0.15, -0.1) is 0 Å². The molecule has 0 heterocycles. The number of carbonyl (C=O) groups is 1. The average molecular weight is 220 g/mol. The molecule has 0 saturated carbocycles. The number of aromatic hydroxyl groups is 1. The van der Waals surface area contributed by atoms with Crippen molar-refractivity contribution in [3.8, 4) is 17.6 Å². The summed E-state index contributed by atoms with van der Waals surface area (Å²) < 4.78 is 4.55. The van der Waals surface area contributed by atoms with E-state index in [9.17, 15) is 9.90 Å². The highest BCUT2D eigenvalue weighted by molar-refractivity contribution is 5.90. The van der Waals surface area contributed by atoms with Crippen molar-refractivity contribution in [2.75, 3.05) is 13.7 Å². The second-order valence-corrected chi connectivity index (χ2v) is 3.00. The number of aliphatic hydroxyl groups excluding tert-OH is 1. The fraction of sp³-hybridized carbons (Fsp3) is 0.250. The molecule has 1 aromatic carbocycles. The highest BCUT2D eigenvalue weighted by Gasteiger charge is 2.07. The van der Waals surface area contributed by atoms with Crippen LogP contribution in [0.1, 0.15) is 22.3 Å². The van der Waals surface area contributed by atoms with Gasteiger partial charge in [0.15, 0.2) is 0 Å². The Balaban J connectivity index is 3.01. The highest BCUT2D eigenvalue weighted by Crippen LogP contribution is 2.17. The molecule has 0 aliphatic carbocycles. The lowest BCUT2D eigenvalue weighted by Gasteiger charge is -2.01. The Hall–Kier alpha value is -1.99. The molecular weight excluding hydrogens is 208 g/mol. The first-order valence-electron chi connectivity index (χ1n) is 4.70. The van der Waals surface area contributed by atoms with Crippen molar-refractivity contribution >= 4 is 5.97 Å². The molecule has 0 unspecified atom stereocenters. The first-order valence-corrected chi connectivity index (χ1v) is 4.70. The molecule has 1 aromatic rings. The Morgan fingerprint density at radius 1 is 1.50 bits per heavy atom. The van der Waals surface area contributed by atoms with Gasteiger partial charge in [-0.3, -0.25) is 0 Å². The van der Waals surface area contributed by atoms with Gasteiger partial charge in [-0.1, -0.05) is 11.8 Å². The summed E-state index contributed by atoms with van der Waals surface area (Å²) in [6.45, 7) is -0.0372. The molecule has 0 amide bonds. The number of hydrogen-bond acceptors (Lipinski definition) is 4. The van der Waals surface area contributed by atoms with E-state index in [1.54, 1.807) is 0 Å². The van der Waals surface area contributed by atoms with Crippen LogP contribution in [0.4, 0.5) is 0 Å². The van der Waals surface area contributed by atoms with Gasteiger partial charge in [0.05, 0.1) is 24.8 Å². The van der Waals surface area contributed by atoms with E-state index in [-0.39, 0.29) is 12.4 Å². The average Bonchev–Trinajstić information content (AvgIpc) is 2.31. The van der Waals surface area contributed by atoms with Crippen molar-refractivity contribution in [1.82, 2.24) is 0 Å². The van der Waals surface area contributed by atoms with Gasteiger partial charge in [0.25, 0.3) is 0 Å². The molecule has 1 rings (SSSR count). The van der Waals surface area contributed by atoms with E-state index < -0.39 is 5.97 Å². The predicted molar refractivity (Wildman–Crippen MR) is 58.0 cm³/mol. The van der Waals surface area contributed by atoms with Crippen LogP contribution in [0.3, 0.4) is 0 Å². The number of phenols is 1. The molecule has 4 heteroatoms. The first-order chi connectivity index (χ1) is 7.69. The fourth-order valence-corrected chi connectivity index (χ4v) is 1.09. The number of ether oxygens (including phenoxy) is 1. The van der Waals surface area contributed by atoms with Crippen LogP contribution in [0, 0.1) is 11.8 Å². The summed E-state index contributed by atoms with van der Waals surface area (Å²) in [7, 11) is 1.28. The van der Waals surface area contributed by atoms with Gasteiger partial charge in [0, 0.05) is 6.42 Å². The molecular formula is C12H12O4. The number of phenolic OH excluding ortho intramolecular Hbond substituents is 1. The Labute approximate surface area is 93.5 Å².